The van der Waals surface area contributed by atoms with E-state index in [1.807, 2.05) is 0 Å². The van der Waals surface area contributed by atoms with E-state index in [9.17, 15) is 9.59 Å². The molecule has 0 bridgehead atoms. The van der Waals surface area contributed by atoms with Gasteiger partial charge in [0.25, 0.3) is 0 Å². The van der Waals surface area contributed by atoms with Crippen molar-refractivity contribution in [2.45, 2.75) is 180 Å². The lowest BCUT2D eigenvalue weighted by Crippen LogP contribution is -2.21. The van der Waals surface area contributed by atoms with Gasteiger partial charge in [-0.1, -0.05) is 167 Å². The summed E-state index contributed by atoms with van der Waals surface area (Å²) >= 11 is 0. The van der Waals surface area contributed by atoms with Crippen LogP contribution in [-0.4, -0.2) is 23.7 Å². The Balaban J connectivity index is 3.36. The number of aliphatic carboxylic acids is 1. The number of carbonyl (C=O) groups excluding carboxylic acids is 1. The number of esters is 1. The Bertz CT molecular complexity index is 598. The van der Waals surface area contributed by atoms with Crippen LogP contribution in [0.5, 0.6) is 0 Å². The Morgan fingerprint density at radius 3 is 1.38 bits per heavy atom. The van der Waals surface area contributed by atoms with Gasteiger partial charge >= 0.3 is 11.9 Å². The lowest BCUT2D eigenvalue weighted by molar-refractivity contribution is -0.152. The molecule has 0 aromatic rings. The van der Waals surface area contributed by atoms with E-state index in [1.54, 1.807) is 0 Å². The molecule has 4 nitrogen and oxygen atoms in total. The molecule has 0 saturated heterocycles. The first-order valence-electron chi connectivity index (χ1n) is 17.3. The Labute approximate surface area is 248 Å². The molecule has 0 aliphatic heterocycles. The summed E-state index contributed by atoms with van der Waals surface area (Å²) in [5.41, 5.74) is 0. The molecule has 0 aromatic heterocycles. The molecule has 0 heterocycles. The van der Waals surface area contributed by atoms with Gasteiger partial charge in [0.2, 0.25) is 0 Å². The van der Waals surface area contributed by atoms with Crippen molar-refractivity contribution in [2.75, 3.05) is 6.61 Å². The summed E-state index contributed by atoms with van der Waals surface area (Å²) in [5, 5.41) is 9.03. The van der Waals surface area contributed by atoms with Crippen LogP contribution in [0.2, 0.25) is 0 Å². The normalized spacial score (nSPS) is 12.1. The predicted octanol–water partition coefficient (Wildman–Crippen LogP) is 11.5. The molecule has 0 rings (SSSR count). The Morgan fingerprint density at radius 1 is 0.625 bits per heavy atom. The second kappa shape index (κ2) is 31.9. The van der Waals surface area contributed by atoms with Crippen LogP contribution in [0.15, 0.2) is 24.8 Å². The van der Waals surface area contributed by atoms with Gasteiger partial charge in [-0.2, -0.15) is 0 Å². The van der Waals surface area contributed by atoms with Crippen molar-refractivity contribution in [3.63, 3.8) is 0 Å². The third kappa shape index (κ3) is 29.4. The molecule has 0 saturated carbocycles. The predicted molar refractivity (Wildman–Crippen MR) is 172 cm³/mol. The van der Waals surface area contributed by atoms with Crippen LogP contribution in [0.4, 0.5) is 0 Å². The van der Waals surface area contributed by atoms with E-state index in [4.69, 9.17) is 9.84 Å². The third-order valence-electron chi connectivity index (χ3n) is 7.91. The minimum atomic E-state index is -0.946. The first kappa shape index (κ1) is 38.4. The monoisotopic (exact) mass is 562 g/mol. The molecule has 0 amide bonds. The molecule has 1 N–H and O–H groups in total. The fourth-order valence-corrected chi connectivity index (χ4v) is 5.36. The molecular formula is C36H66O4. The summed E-state index contributed by atoms with van der Waals surface area (Å²) in [6.07, 6.45) is 40.1. The largest absolute Gasteiger partial charge is 0.481 e. The van der Waals surface area contributed by atoms with Gasteiger partial charge in [0.1, 0.15) is 6.61 Å². The maximum absolute atomic E-state index is 12.0. The van der Waals surface area contributed by atoms with Crippen LogP contribution in [0.25, 0.3) is 0 Å². The van der Waals surface area contributed by atoms with E-state index in [1.165, 1.54) is 147 Å². The number of ether oxygens (including phenoxy) is 1. The van der Waals surface area contributed by atoms with Crippen LogP contribution in [0.3, 0.4) is 0 Å². The second-order valence-corrected chi connectivity index (χ2v) is 11.8. The lowest BCUT2D eigenvalue weighted by Gasteiger charge is -2.13. The number of hydrogen-bond acceptors (Lipinski definition) is 3. The van der Waals surface area contributed by atoms with Gasteiger partial charge < -0.3 is 9.84 Å². The van der Waals surface area contributed by atoms with Crippen LogP contribution in [0.1, 0.15) is 180 Å². The van der Waals surface area contributed by atoms with E-state index in [0.29, 0.717) is 6.42 Å². The number of carbonyl (C=O) groups is 2. The van der Waals surface area contributed by atoms with Gasteiger partial charge in [-0.05, 0) is 32.1 Å². The van der Waals surface area contributed by atoms with Gasteiger partial charge in [-0.25, -0.2) is 0 Å². The highest BCUT2D eigenvalue weighted by molar-refractivity contribution is 5.79. The molecule has 0 aliphatic rings. The van der Waals surface area contributed by atoms with E-state index in [2.05, 4.69) is 25.7 Å². The van der Waals surface area contributed by atoms with Crippen molar-refractivity contribution in [3.05, 3.63) is 24.8 Å². The van der Waals surface area contributed by atoms with Crippen molar-refractivity contribution >= 4 is 11.9 Å². The molecule has 40 heavy (non-hydrogen) atoms. The highest BCUT2D eigenvalue weighted by Crippen LogP contribution is 2.18. The van der Waals surface area contributed by atoms with Gasteiger partial charge in [0, 0.05) is 0 Å². The van der Waals surface area contributed by atoms with Crippen LogP contribution >= 0.6 is 0 Å². The summed E-state index contributed by atoms with van der Waals surface area (Å²) in [5.74, 6) is -1.90. The average Bonchev–Trinajstić information content (AvgIpc) is 2.94. The molecule has 0 radical (unpaired) electrons. The van der Waals surface area contributed by atoms with Crippen molar-refractivity contribution < 1.29 is 19.4 Å². The fourth-order valence-electron chi connectivity index (χ4n) is 5.36. The zero-order chi connectivity index (χ0) is 29.4. The number of allylic oxidation sites excluding steroid dienone is 2. The first-order valence-corrected chi connectivity index (χ1v) is 17.3. The minimum absolute atomic E-state index is 0.142. The molecule has 0 fully saturated rings. The summed E-state index contributed by atoms with van der Waals surface area (Å²) in [6, 6.07) is 0. The van der Waals surface area contributed by atoms with Crippen LogP contribution < -0.4 is 0 Å². The summed E-state index contributed by atoms with van der Waals surface area (Å²) in [4.78, 5) is 23.0. The van der Waals surface area contributed by atoms with Crippen LogP contribution in [0, 0.1) is 5.92 Å². The van der Waals surface area contributed by atoms with Gasteiger partial charge in [-0.3, -0.25) is 9.59 Å². The first-order chi connectivity index (χ1) is 19.6. The Hall–Kier alpha value is -1.58. The van der Waals surface area contributed by atoms with Gasteiger partial charge in [-0.15, -0.1) is 0 Å². The molecule has 0 aromatic carbocycles. The molecule has 4 heteroatoms. The van der Waals surface area contributed by atoms with E-state index >= 15 is 0 Å². The number of unbranched alkanes of at least 4 members (excludes halogenated alkanes) is 23. The molecule has 234 valence electrons. The summed E-state index contributed by atoms with van der Waals surface area (Å²) < 4.78 is 5.04. The quantitative estimate of drug-likeness (QED) is 0.0503. The highest BCUT2D eigenvalue weighted by Gasteiger charge is 2.22. The van der Waals surface area contributed by atoms with E-state index in [-0.39, 0.29) is 13.0 Å². The molecular weight excluding hydrogens is 496 g/mol. The van der Waals surface area contributed by atoms with Gasteiger partial charge in [0.15, 0.2) is 0 Å². The second-order valence-electron chi connectivity index (χ2n) is 11.8. The highest BCUT2D eigenvalue weighted by atomic mass is 16.5. The molecule has 0 aliphatic carbocycles. The van der Waals surface area contributed by atoms with Crippen LogP contribution in [-0.2, 0) is 14.3 Å². The van der Waals surface area contributed by atoms with E-state index < -0.39 is 17.9 Å². The Kier molecular flexibility index (Phi) is 30.7. The maximum Gasteiger partial charge on any atom is 0.309 e. The maximum atomic E-state index is 12.0. The third-order valence-corrected chi connectivity index (χ3v) is 7.91. The number of carboxylic acids is 1. The zero-order valence-electron chi connectivity index (χ0n) is 26.5. The molecule has 0 spiro atoms. The SMILES string of the molecule is C=CCOC(=O)C(CCCCCCCC/C=C/CCCCCCCCCCCCCCCCCCC)CC(=O)O. The van der Waals surface area contributed by atoms with Crippen molar-refractivity contribution in [1.29, 1.82) is 0 Å². The smallest absolute Gasteiger partial charge is 0.309 e. The minimum Gasteiger partial charge on any atom is -0.481 e. The Morgan fingerprint density at radius 2 is 1.00 bits per heavy atom. The fraction of sp³-hybridized carbons (Fsp3) is 0.833. The lowest BCUT2D eigenvalue weighted by atomic mass is 9.97. The topological polar surface area (TPSA) is 63.6 Å². The number of carboxylic acid groups (broad SMARTS) is 1. The number of rotatable bonds is 32. The van der Waals surface area contributed by atoms with E-state index in [0.717, 1.165) is 19.3 Å². The van der Waals surface area contributed by atoms with Crippen molar-refractivity contribution in [3.8, 4) is 0 Å². The van der Waals surface area contributed by atoms with Gasteiger partial charge in [0.05, 0.1) is 12.3 Å². The van der Waals surface area contributed by atoms with Crippen molar-refractivity contribution in [1.82, 2.24) is 0 Å². The molecule has 1 unspecified atom stereocenters. The summed E-state index contributed by atoms with van der Waals surface area (Å²) in [6.45, 7) is 5.95. The standard InChI is InChI=1S/C36H66O4/c1-3-5-6-7-8-9-10-11-12-13-14-15-16-17-18-19-20-21-22-23-24-25-26-27-28-29-30-31-34(33-35(37)38)36(39)40-32-4-2/h4,22-23,34H,2-3,5-21,24-33H2,1H3,(H,37,38)/b23-22+. The molecule has 1 atom stereocenters. The average molecular weight is 563 g/mol. The zero-order valence-corrected chi connectivity index (χ0v) is 26.5. The summed E-state index contributed by atoms with van der Waals surface area (Å²) in [7, 11) is 0. The van der Waals surface area contributed by atoms with Crippen molar-refractivity contribution in [2.24, 2.45) is 5.92 Å². The number of hydrogen-bond donors (Lipinski definition) is 1.